The van der Waals surface area contributed by atoms with Gasteiger partial charge in [0.05, 0.1) is 6.10 Å². The SMILES string of the molecule is CCCCC/C=C\C/C=C\CCC[C@@H](C)OC(C)=O. The molecular weight excluding hydrogens is 236 g/mol. The van der Waals surface area contributed by atoms with Gasteiger partial charge in [0.1, 0.15) is 0 Å². The minimum Gasteiger partial charge on any atom is -0.463 e. The molecule has 0 aliphatic heterocycles. The Morgan fingerprint density at radius 2 is 1.68 bits per heavy atom. The maximum absolute atomic E-state index is 10.7. The van der Waals surface area contributed by atoms with Gasteiger partial charge in [-0.25, -0.2) is 0 Å². The maximum atomic E-state index is 10.7. The summed E-state index contributed by atoms with van der Waals surface area (Å²) in [6.07, 6.45) is 18.3. The molecule has 0 fully saturated rings. The standard InChI is InChI=1S/C17H30O2/c1-4-5-6-7-8-9-10-11-12-13-14-15-16(2)19-17(3)18/h8-9,11-12,16H,4-7,10,13-15H2,1-3H3/b9-8-,12-11-/t16-/m1/s1. The van der Waals surface area contributed by atoms with Crippen molar-refractivity contribution in [1.29, 1.82) is 0 Å². The van der Waals surface area contributed by atoms with Crippen LogP contribution in [0.5, 0.6) is 0 Å². The van der Waals surface area contributed by atoms with Crippen LogP contribution in [0.3, 0.4) is 0 Å². The van der Waals surface area contributed by atoms with Gasteiger partial charge < -0.3 is 4.74 Å². The van der Waals surface area contributed by atoms with Crippen LogP contribution in [-0.4, -0.2) is 12.1 Å². The summed E-state index contributed by atoms with van der Waals surface area (Å²) in [6.45, 7) is 5.64. The molecule has 2 heteroatoms. The molecule has 0 aromatic carbocycles. The number of hydrogen-bond donors (Lipinski definition) is 0. The summed E-state index contributed by atoms with van der Waals surface area (Å²) in [5, 5.41) is 0. The molecule has 0 rings (SSSR count). The van der Waals surface area contributed by atoms with Crippen LogP contribution in [0.25, 0.3) is 0 Å². The number of unbranched alkanes of at least 4 members (excludes halogenated alkanes) is 4. The molecule has 0 aromatic heterocycles. The van der Waals surface area contributed by atoms with E-state index in [-0.39, 0.29) is 12.1 Å². The van der Waals surface area contributed by atoms with Crippen LogP contribution in [0.1, 0.15) is 72.1 Å². The second-order valence-corrected chi connectivity index (χ2v) is 5.03. The zero-order chi connectivity index (χ0) is 14.3. The summed E-state index contributed by atoms with van der Waals surface area (Å²) < 4.78 is 5.07. The third kappa shape index (κ3) is 14.9. The number of hydrogen-bond acceptors (Lipinski definition) is 2. The molecule has 0 amide bonds. The van der Waals surface area contributed by atoms with Crippen molar-refractivity contribution in [3.8, 4) is 0 Å². The van der Waals surface area contributed by atoms with Crippen LogP contribution in [0.15, 0.2) is 24.3 Å². The van der Waals surface area contributed by atoms with Gasteiger partial charge >= 0.3 is 5.97 Å². The molecule has 2 nitrogen and oxygen atoms in total. The van der Waals surface area contributed by atoms with Crippen LogP contribution in [0.2, 0.25) is 0 Å². The molecule has 0 saturated heterocycles. The number of ether oxygens (including phenoxy) is 1. The highest BCUT2D eigenvalue weighted by Crippen LogP contribution is 2.06. The molecule has 110 valence electrons. The highest BCUT2D eigenvalue weighted by Gasteiger charge is 2.03. The summed E-state index contributed by atoms with van der Waals surface area (Å²) in [7, 11) is 0. The molecule has 0 saturated carbocycles. The Labute approximate surface area is 118 Å². The fourth-order valence-electron chi connectivity index (χ4n) is 1.88. The molecule has 0 heterocycles. The van der Waals surface area contributed by atoms with Gasteiger partial charge in [-0.05, 0) is 45.4 Å². The van der Waals surface area contributed by atoms with Crippen LogP contribution in [0.4, 0.5) is 0 Å². The number of carbonyl (C=O) groups excluding carboxylic acids is 1. The minimum absolute atomic E-state index is 0.0457. The number of rotatable bonds is 11. The summed E-state index contributed by atoms with van der Waals surface area (Å²) >= 11 is 0. The van der Waals surface area contributed by atoms with Crippen molar-refractivity contribution in [2.45, 2.75) is 78.2 Å². The molecule has 0 aromatic rings. The van der Waals surface area contributed by atoms with E-state index < -0.39 is 0 Å². The Morgan fingerprint density at radius 3 is 2.26 bits per heavy atom. The molecule has 0 spiro atoms. The lowest BCUT2D eigenvalue weighted by Gasteiger charge is -2.10. The first-order valence-corrected chi connectivity index (χ1v) is 7.64. The van der Waals surface area contributed by atoms with Crippen molar-refractivity contribution in [3.05, 3.63) is 24.3 Å². The predicted molar refractivity (Wildman–Crippen MR) is 82.1 cm³/mol. The molecule has 19 heavy (non-hydrogen) atoms. The zero-order valence-corrected chi connectivity index (χ0v) is 12.9. The van der Waals surface area contributed by atoms with E-state index in [0.717, 1.165) is 25.7 Å². The number of allylic oxidation sites excluding steroid dienone is 4. The van der Waals surface area contributed by atoms with E-state index in [2.05, 4.69) is 31.2 Å². The maximum Gasteiger partial charge on any atom is 0.302 e. The third-order valence-corrected chi connectivity index (χ3v) is 2.93. The van der Waals surface area contributed by atoms with E-state index in [1.165, 1.54) is 32.6 Å². The average Bonchev–Trinajstić information content (AvgIpc) is 2.35. The lowest BCUT2D eigenvalue weighted by molar-refractivity contribution is -0.145. The van der Waals surface area contributed by atoms with Gasteiger partial charge in [-0.2, -0.15) is 0 Å². The predicted octanol–water partition coefficient (Wildman–Crippen LogP) is 5.19. The van der Waals surface area contributed by atoms with Gasteiger partial charge in [-0.15, -0.1) is 0 Å². The van der Waals surface area contributed by atoms with Crippen molar-refractivity contribution in [1.82, 2.24) is 0 Å². The zero-order valence-electron chi connectivity index (χ0n) is 12.9. The van der Waals surface area contributed by atoms with Crippen LogP contribution in [0, 0.1) is 0 Å². The van der Waals surface area contributed by atoms with Crippen molar-refractivity contribution >= 4 is 5.97 Å². The lowest BCUT2D eigenvalue weighted by Crippen LogP contribution is -2.11. The molecule has 1 atom stereocenters. The Bertz CT molecular complexity index is 266. The summed E-state index contributed by atoms with van der Waals surface area (Å²) in [5.41, 5.74) is 0. The number of carbonyl (C=O) groups is 1. The van der Waals surface area contributed by atoms with E-state index in [0.29, 0.717) is 0 Å². The Balaban J connectivity index is 3.36. The average molecular weight is 266 g/mol. The Morgan fingerprint density at radius 1 is 1.05 bits per heavy atom. The Kier molecular flexibility index (Phi) is 12.6. The van der Waals surface area contributed by atoms with Gasteiger partial charge in [0.2, 0.25) is 0 Å². The van der Waals surface area contributed by atoms with Gasteiger partial charge in [-0.3, -0.25) is 4.79 Å². The minimum atomic E-state index is -0.184. The second kappa shape index (κ2) is 13.4. The molecule has 0 N–H and O–H groups in total. The largest absolute Gasteiger partial charge is 0.463 e. The monoisotopic (exact) mass is 266 g/mol. The topological polar surface area (TPSA) is 26.3 Å². The first-order valence-electron chi connectivity index (χ1n) is 7.64. The fourth-order valence-corrected chi connectivity index (χ4v) is 1.88. The van der Waals surface area contributed by atoms with E-state index >= 15 is 0 Å². The smallest absolute Gasteiger partial charge is 0.302 e. The van der Waals surface area contributed by atoms with E-state index in [4.69, 9.17) is 4.74 Å². The molecule has 0 unspecified atom stereocenters. The van der Waals surface area contributed by atoms with Crippen molar-refractivity contribution in [3.63, 3.8) is 0 Å². The molecular formula is C17H30O2. The normalized spacial score (nSPS) is 13.2. The summed E-state index contributed by atoms with van der Waals surface area (Å²) in [5.74, 6) is -0.184. The summed E-state index contributed by atoms with van der Waals surface area (Å²) in [6, 6.07) is 0. The van der Waals surface area contributed by atoms with Crippen molar-refractivity contribution < 1.29 is 9.53 Å². The molecule has 0 radical (unpaired) electrons. The second-order valence-electron chi connectivity index (χ2n) is 5.03. The summed E-state index contributed by atoms with van der Waals surface area (Å²) in [4.78, 5) is 10.7. The van der Waals surface area contributed by atoms with Crippen molar-refractivity contribution in [2.75, 3.05) is 0 Å². The van der Waals surface area contributed by atoms with Crippen LogP contribution in [-0.2, 0) is 9.53 Å². The van der Waals surface area contributed by atoms with Gasteiger partial charge in [0, 0.05) is 6.92 Å². The quantitative estimate of drug-likeness (QED) is 0.292. The van der Waals surface area contributed by atoms with Crippen LogP contribution >= 0.6 is 0 Å². The van der Waals surface area contributed by atoms with E-state index in [9.17, 15) is 4.79 Å². The first-order chi connectivity index (χ1) is 9.16. The van der Waals surface area contributed by atoms with Crippen LogP contribution < -0.4 is 0 Å². The number of esters is 1. The molecule has 0 aliphatic carbocycles. The third-order valence-electron chi connectivity index (χ3n) is 2.93. The lowest BCUT2D eigenvalue weighted by atomic mass is 10.1. The molecule has 0 aliphatic rings. The van der Waals surface area contributed by atoms with Crippen molar-refractivity contribution in [2.24, 2.45) is 0 Å². The van der Waals surface area contributed by atoms with Gasteiger partial charge in [0.15, 0.2) is 0 Å². The first kappa shape index (κ1) is 17.9. The fraction of sp³-hybridized carbons (Fsp3) is 0.706. The molecule has 0 bridgehead atoms. The van der Waals surface area contributed by atoms with Gasteiger partial charge in [0.25, 0.3) is 0 Å². The Hall–Kier alpha value is -1.05. The van der Waals surface area contributed by atoms with E-state index in [1.807, 2.05) is 6.92 Å². The van der Waals surface area contributed by atoms with E-state index in [1.54, 1.807) is 0 Å². The highest BCUT2D eigenvalue weighted by molar-refractivity contribution is 5.66. The highest BCUT2D eigenvalue weighted by atomic mass is 16.5. The van der Waals surface area contributed by atoms with Gasteiger partial charge in [-0.1, -0.05) is 44.1 Å².